The van der Waals surface area contributed by atoms with Crippen molar-refractivity contribution in [3.63, 3.8) is 0 Å². The van der Waals surface area contributed by atoms with Crippen LogP contribution in [0.15, 0.2) is 131 Å². The van der Waals surface area contributed by atoms with Gasteiger partial charge in [-0.2, -0.15) is 26.3 Å². The molecule has 2 aliphatic rings. The fourth-order valence-electron chi connectivity index (χ4n) is 6.92. The van der Waals surface area contributed by atoms with Crippen LogP contribution in [-0.2, 0) is 21.8 Å². The third-order valence-corrected chi connectivity index (χ3v) is 10.1. The lowest BCUT2D eigenvalue weighted by Crippen LogP contribution is -2.14. The van der Waals surface area contributed by atoms with Gasteiger partial charge in [0.25, 0.3) is 0 Å². The number of aliphatic imine (C=N–C) groups is 2. The summed E-state index contributed by atoms with van der Waals surface area (Å²) in [6, 6.07) is 23.2. The zero-order valence-corrected chi connectivity index (χ0v) is 32.1. The van der Waals surface area contributed by atoms with Crippen LogP contribution in [-0.4, -0.2) is 24.0 Å². The van der Waals surface area contributed by atoms with Gasteiger partial charge in [0.05, 0.1) is 11.1 Å². The van der Waals surface area contributed by atoms with Gasteiger partial charge in [-0.1, -0.05) is 72.8 Å². The van der Waals surface area contributed by atoms with Crippen molar-refractivity contribution in [1.29, 1.82) is 0 Å². The van der Waals surface area contributed by atoms with Gasteiger partial charge < -0.3 is 9.47 Å². The highest BCUT2D eigenvalue weighted by Crippen LogP contribution is 2.38. The molecule has 0 amide bonds. The molecule has 0 N–H and O–H groups in total. The summed E-state index contributed by atoms with van der Waals surface area (Å²) < 4.78 is 172. The summed E-state index contributed by atoms with van der Waals surface area (Å²) in [6.07, 6.45) is -10.3. The van der Waals surface area contributed by atoms with Crippen LogP contribution in [0.25, 0.3) is 22.3 Å². The number of halogens is 12. The van der Waals surface area contributed by atoms with Crippen LogP contribution >= 0.6 is 0 Å². The highest BCUT2D eigenvalue weighted by Gasteiger charge is 2.35. The van der Waals surface area contributed by atoms with Crippen LogP contribution in [0.3, 0.4) is 0 Å². The summed E-state index contributed by atoms with van der Waals surface area (Å²) in [5.41, 5.74) is -0.724. The molecule has 0 unspecified atom stereocenters. The molecule has 4 nitrogen and oxygen atoms in total. The molecule has 0 saturated carbocycles. The van der Waals surface area contributed by atoms with Crippen molar-refractivity contribution in [2.45, 2.75) is 50.5 Å². The van der Waals surface area contributed by atoms with Crippen LogP contribution in [0.4, 0.5) is 52.7 Å². The molecule has 0 bridgehead atoms. The SMILES string of the molecule is C[C@@H]1OC(c2c(F)cccc2F)=N[C@H]1c1ccc(-c2ccc(C(F)(F)F)cc2F)cc1.C[C@H]1OC(c2c(F)cccc2F)=N[C@@H]1c1ccc(-c2ccc(C(F)(F)F)cc2F)cc1. The van der Waals surface area contributed by atoms with E-state index in [9.17, 15) is 52.7 Å². The molecule has 4 atom stereocenters. The van der Waals surface area contributed by atoms with Gasteiger partial charge in [-0.3, -0.25) is 0 Å². The molecule has 6 aromatic rings. The quantitative estimate of drug-likeness (QED) is 0.157. The molecule has 0 radical (unpaired) electrons. The fourth-order valence-corrected chi connectivity index (χ4v) is 6.92. The van der Waals surface area contributed by atoms with Crippen LogP contribution in [0.5, 0.6) is 0 Å². The minimum Gasteiger partial charge on any atom is -0.472 e. The van der Waals surface area contributed by atoms with Gasteiger partial charge in [0, 0.05) is 11.1 Å². The predicted molar refractivity (Wildman–Crippen MR) is 206 cm³/mol. The van der Waals surface area contributed by atoms with Gasteiger partial charge >= 0.3 is 12.4 Å². The smallest absolute Gasteiger partial charge is 0.416 e. The van der Waals surface area contributed by atoms with Crippen molar-refractivity contribution in [3.8, 4) is 22.3 Å². The number of rotatable bonds is 6. The minimum absolute atomic E-state index is 0.0212. The fraction of sp³-hybridized carbons (Fsp3) is 0.174. The first-order valence-electron chi connectivity index (χ1n) is 18.6. The number of hydrogen-bond acceptors (Lipinski definition) is 4. The molecule has 0 saturated heterocycles. The summed E-state index contributed by atoms with van der Waals surface area (Å²) in [4.78, 5) is 8.61. The molecule has 0 spiro atoms. The Morgan fingerprint density at radius 1 is 0.419 bits per heavy atom. The van der Waals surface area contributed by atoms with Gasteiger partial charge in [-0.15, -0.1) is 0 Å². The monoisotopic (exact) mass is 870 g/mol. The van der Waals surface area contributed by atoms with E-state index in [1.165, 1.54) is 12.1 Å². The van der Waals surface area contributed by atoms with E-state index in [1.54, 1.807) is 62.4 Å². The standard InChI is InChI=1S/2C23H15F6NO/c2*1-12-21(30-22(31-12)20-17(24)3-2-4-18(20)25)14-7-5-13(6-8-14)16-10-9-15(11-19(16)26)23(27,28)29/h2*2-12,21H,1H3/t2*12-,21+/m10/s1. The zero-order valence-electron chi connectivity index (χ0n) is 32.1. The van der Waals surface area contributed by atoms with Gasteiger partial charge in [-0.05, 0) is 84.6 Å². The average molecular weight is 871 g/mol. The van der Waals surface area contributed by atoms with Crippen LogP contribution in [0.2, 0.25) is 0 Å². The number of ether oxygens (including phenoxy) is 2. The number of benzene rings is 6. The van der Waals surface area contributed by atoms with E-state index in [4.69, 9.17) is 9.47 Å². The van der Waals surface area contributed by atoms with Crippen LogP contribution < -0.4 is 0 Å². The van der Waals surface area contributed by atoms with E-state index in [0.29, 0.717) is 34.4 Å². The molecule has 6 aromatic carbocycles. The molecular formula is C46H30F12N2O2. The van der Waals surface area contributed by atoms with Crippen LogP contribution in [0.1, 0.15) is 59.3 Å². The average Bonchev–Trinajstić information content (AvgIpc) is 3.79. The maximum absolute atomic E-state index is 14.2. The first kappa shape index (κ1) is 43.5. The Bertz CT molecular complexity index is 2450. The Labute approximate surface area is 345 Å². The molecule has 320 valence electrons. The van der Waals surface area contributed by atoms with Crippen molar-refractivity contribution in [3.05, 3.63) is 190 Å². The molecule has 0 aliphatic carbocycles. The predicted octanol–water partition coefficient (Wildman–Crippen LogP) is 13.4. The topological polar surface area (TPSA) is 43.2 Å². The van der Waals surface area contributed by atoms with E-state index in [2.05, 4.69) is 9.98 Å². The van der Waals surface area contributed by atoms with Crippen molar-refractivity contribution < 1.29 is 62.2 Å². The maximum atomic E-state index is 14.2. The Hall–Kier alpha value is -6.58. The number of alkyl halides is 6. The molecule has 2 aliphatic heterocycles. The van der Waals surface area contributed by atoms with Crippen molar-refractivity contribution in [2.75, 3.05) is 0 Å². The highest BCUT2D eigenvalue weighted by atomic mass is 19.4. The van der Waals surface area contributed by atoms with Crippen molar-refractivity contribution in [1.82, 2.24) is 0 Å². The highest BCUT2D eigenvalue weighted by molar-refractivity contribution is 5.96. The lowest BCUT2D eigenvalue weighted by molar-refractivity contribution is -0.138. The van der Waals surface area contributed by atoms with Gasteiger partial charge in [-0.25, -0.2) is 36.3 Å². The lowest BCUT2D eigenvalue weighted by Gasteiger charge is -2.14. The molecular weight excluding hydrogens is 840 g/mol. The molecule has 62 heavy (non-hydrogen) atoms. The summed E-state index contributed by atoms with van der Waals surface area (Å²) in [5.74, 6) is -5.44. The maximum Gasteiger partial charge on any atom is 0.416 e. The first-order valence-corrected chi connectivity index (χ1v) is 18.6. The minimum atomic E-state index is -4.63. The summed E-state index contributed by atoms with van der Waals surface area (Å²) in [5, 5.41) is 0. The van der Waals surface area contributed by atoms with E-state index in [0.717, 1.165) is 48.5 Å². The Balaban J connectivity index is 0.000000186. The largest absolute Gasteiger partial charge is 0.472 e. The Kier molecular flexibility index (Phi) is 12.0. The molecule has 8 rings (SSSR count). The summed E-state index contributed by atoms with van der Waals surface area (Å²) in [7, 11) is 0. The van der Waals surface area contributed by atoms with Crippen molar-refractivity contribution in [2.24, 2.45) is 9.98 Å². The van der Waals surface area contributed by atoms with E-state index in [-0.39, 0.29) is 34.0 Å². The summed E-state index contributed by atoms with van der Waals surface area (Å²) >= 11 is 0. The molecule has 2 heterocycles. The third-order valence-electron chi connectivity index (χ3n) is 10.1. The lowest BCUT2D eigenvalue weighted by atomic mass is 9.98. The van der Waals surface area contributed by atoms with E-state index >= 15 is 0 Å². The van der Waals surface area contributed by atoms with Crippen molar-refractivity contribution >= 4 is 11.8 Å². The Morgan fingerprint density at radius 3 is 1.03 bits per heavy atom. The first-order chi connectivity index (χ1) is 29.3. The molecule has 16 heteroatoms. The molecule has 0 aromatic heterocycles. The zero-order chi connectivity index (χ0) is 44.7. The van der Waals surface area contributed by atoms with Gasteiger partial charge in [0.2, 0.25) is 11.8 Å². The number of hydrogen-bond donors (Lipinski definition) is 0. The second-order valence-corrected chi connectivity index (χ2v) is 14.2. The van der Waals surface area contributed by atoms with Crippen LogP contribution in [0, 0.1) is 34.9 Å². The van der Waals surface area contributed by atoms with E-state index < -0.39 is 82.7 Å². The molecule has 0 fully saturated rings. The number of nitrogens with zero attached hydrogens (tertiary/aromatic N) is 2. The second-order valence-electron chi connectivity index (χ2n) is 14.2. The summed E-state index contributed by atoms with van der Waals surface area (Å²) in [6.45, 7) is 3.40. The normalized spacial score (nSPS) is 18.6. The second kappa shape index (κ2) is 17.1. The van der Waals surface area contributed by atoms with E-state index in [1.807, 2.05) is 0 Å². The van der Waals surface area contributed by atoms with Gasteiger partial charge in [0.1, 0.15) is 70.3 Å². The van der Waals surface area contributed by atoms with Gasteiger partial charge in [0.15, 0.2) is 0 Å². The Morgan fingerprint density at radius 2 is 0.742 bits per heavy atom. The third kappa shape index (κ3) is 9.04.